The van der Waals surface area contributed by atoms with Crippen molar-refractivity contribution in [2.45, 2.75) is 57.3 Å². The van der Waals surface area contributed by atoms with E-state index >= 15 is 0 Å². The second-order valence-corrected chi connectivity index (χ2v) is 9.78. The lowest BCUT2D eigenvalue weighted by Crippen LogP contribution is -2.56. The predicted octanol–water partition coefficient (Wildman–Crippen LogP) is 2.28. The molecule has 5 atom stereocenters. The zero-order valence-electron chi connectivity index (χ0n) is 21.1. The molecule has 0 aromatic heterocycles. The van der Waals surface area contributed by atoms with Crippen molar-refractivity contribution in [3.05, 3.63) is 36.9 Å². The molecule has 2 amide bonds. The van der Waals surface area contributed by atoms with Gasteiger partial charge in [0.15, 0.2) is 0 Å². The minimum Gasteiger partial charge on any atom is -0.481 e. The summed E-state index contributed by atoms with van der Waals surface area (Å²) in [5, 5.41) is 19.2. The summed E-state index contributed by atoms with van der Waals surface area (Å²) >= 11 is 0. The maximum atomic E-state index is 14.3. The Bertz CT molecular complexity index is 994. The molecule has 2 bridgehead atoms. The SMILES string of the molecule is C=CCN(C(=O)[C@@H]1N(CCCCO)C(=O)[C@H]2[C@H](C(=O)O)[C@@H]3CC[C@]12O3)c1ccc(N(CC)CC)cc1. The van der Waals surface area contributed by atoms with Crippen molar-refractivity contribution < 1.29 is 29.3 Å². The van der Waals surface area contributed by atoms with Crippen molar-refractivity contribution >= 4 is 29.2 Å². The van der Waals surface area contributed by atoms with E-state index in [2.05, 4.69) is 25.3 Å². The first-order valence-electron chi connectivity index (χ1n) is 12.9. The van der Waals surface area contributed by atoms with Crippen molar-refractivity contribution in [2.75, 3.05) is 42.6 Å². The van der Waals surface area contributed by atoms with Gasteiger partial charge in [-0.05, 0) is 63.8 Å². The summed E-state index contributed by atoms with van der Waals surface area (Å²) in [6.45, 7) is 10.2. The third-order valence-electron chi connectivity index (χ3n) is 7.99. The normalized spacial score (nSPS) is 28.3. The lowest BCUT2D eigenvalue weighted by Gasteiger charge is -2.37. The van der Waals surface area contributed by atoms with Gasteiger partial charge < -0.3 is 29.6 Å². The van der Waals surface area contributed by atoms with Gasteiger partial charge in [0.1, 0.15) is 11.6 Å². The number of fused-ring (bicyclic) bond motifs is 1. The number of nitrogens with zero attached hydrogens (tertiary/aromatic N) is 3. The Balaban J connectivity index is 1.71. The highest BCUT2D eigenvalue weighted by atomic mass is 16.5. The highest BCUT2D eigenvalue weighted by Crippen LogP contribution is 2.58. The molecule has 0 saturated carbocycles. The molecule has 0 unspecified atom stereocenters. The molecule has 4 rings (SSSR count). The molecule has 3 aliphatic rings. The number of benzene rings is 1. The van der Waals surface area contributed by atoms with E-state index in [1.54, 1.807) is 11.0 Å². The number of unbranched alkanes of at least 4 members (excludes halogenated alkanes) is 1. The number of carbonyl (C=O) groups excluding carboxylic acids is 2. The number of amides is 2. The van der Waals surface area contributed by atoms with Gasteiger partial charge in [-0.1, -0.05) is 6.08 Å². The zero-order chi connectivity index (χ0) is 26.0. The van der Waals surface area contributed by atoms with E-state index in [1.165, 1.54) is 4.90 Å². The third kappa shape index (κ3) is 4.18. The Morgan fingerprint density at radius 3 is 2.44 bits per heavy atom. The summed E-state index contributed by atoms with van der Waals surface area (Å²) in [5.41, 5.74) is 0.583. The molecule has 36 heavy (non-hydrogen) atoms. The molecule has 1 aromatic rings. The van der Waals surface area contributed by atoms with Crippen LogP contribution in [0, 0.1) is 11.8 Å². The fourth-order valence-corrected chi connectivity index (χ4v) is 6.38. The number of ether oxygens (including phenoxy) is 1. The highest BCUT2D eigenvalue weighted by molar-refractivity contribution is 6.04. The van der Waals surface area contributed by atoms with Crippen molar-refractivity contribution in [3.63, 3.8) is 0 Å². The smallest absolute Gasteiger partial charge is 0.310 e. The van der Waals surface area contributed by atoms with Crippen LogP contribution in [-0.4, -0.2) is 83.4 Å². The number of rotatable bonds is 12. The summed E-state index contributed by atoms with van der Waals surface area (Å²) in [7, 11) is 0. The third-order valence-corrected chi connectivity index (χ3v) is 7.99. The molecule has 0 aliphatic carbocycles. The second kappa shape index (κ2) is 10.6. The fourth-order valence-electron chi connectivity index (χ4n) is 6.38. The number of aliphatic hydroxyl groups is 1. The zero-order valence-corrected chi connectivity index (χ0v) is 21.1. The Labute approximate surface area is 212 Å². The number of likely N-dealkylation sites (tertiary alicyclic amines) is 1. The summed E-state index contributed by atoms with van der Waals surface area (Å²) in [5.74, 6) is -3.52. The Hall–Kier alpha value is -2.91. The number of hydrogen-bond acceptors (Lipinski definition) is 6. The van der Waals surface area contributed by atoms with Crippen molar-refractivity contribution in [3.8, 4) is 0 Å². The number of aliphatic hydroxyl groups excluding tert-OH is 1. The molecule has 9 nitrogen and oxygen atoms in total. The number of anilines is 2. The maximum absolute atomic E-state index is 14.3. The number of carboxylic acid groups (broad SMARTS) is 1. The van der Waals surface area contributed by atoms with E-state index in [0.29, 0.717) is 31.4 Å². The van der Waals surface area contributed by atoms with E-state index in [1.807, 2.05) is 24.3 Å². The number of carboxylic acids is 1. The summed E-state index contributed by atoms with van der Waals surface area (Å²) in [4.78, 5) is 45.3. The van der Waals surface area contributed by atoms with Gasteiger partial charge in [-0.2, -0.15) is 0 Å². The lowest BCUT2D eigenvalue weighted by atomic mass is 9.70. The summed E-state index contributed by atoms with van der Waals surface area (Å²) in [6, 6.07) is 6.81. The van der Waals surface area contributed by atoms with Gasteiger partial charge in [0.25, 0.3) is 5.91 Å². The van der Waals surface area contributed by atoms with Crippen LogP contribution in [-0.2, 0) is 19.1 Å². The quantitative estimate of drug-likeness (QED) is 0.335. The van der Waals surface area contributed by atoms with E-state index in [0.717, 1.165) is 18.8 Å². The van der Waals surface area contributed by atoms with E-state index < -0.39 is 35.6 Å². The average molecular weight is 500 g/mol. The molecule has 3 heterocycles. The lowest BCUT2D eigenvalue weighted by molar-refractivity contribution is -0.149. The summed E-state index contributed by atoms with van der Waals surface area (Å²) < 4.78 is 6.27. The largest absolute Gasteiger partial charge is 0.481 e. The van der Waals surface area contributed by atoms with Gasteiger partial charge in [-0.3, -0.25) is 14.4 Å². The molecule has 0 radical (unpaired) electrons. The Kier molecular flexibility index (Phi) is 7.70. The van der Waals surface area contributed by atoms with E-state index in [4.69, 9.17) is 4.74 Å². The van der Waals surface area contributed by atoms with E-state index in [9.17, 15) is 24.6 Å². The Morgan fingerprint density at radius 2 is 1.86 bits per heavy atom. The molecule has 3 saturated heterocycles. The molecule has 2 N–H and O–H groups in total. The fraction of sp³-hybridized carbons (Fsp3) is 0.593. The van der Waals surface area contributed by atoms with Crippen molar-refractivity contribution in [2.24, 2.45) is 11.8 Å². The molecular formula is C27H37N3O6. The van der Waals surface area contributed by atoms with Crippen LogP contribution < -0.4 is 9.80 Å². The van der Waals surface area contributed by atoms with Gasteiger partial charge in [0.05, 0.1) is 17.9 Å². The van der Waals surface area contributed by atoms with Crippen LogP contribution in [0.15, 0.2) is 36.9 Å². The highest BCUT2D eigenvalue weighted by Gasteiger charge is 2.74. The van der Waals surface area contributed by atoms with Crippen LogP contribution in [0.1, 0.15) is 39.5 Å². The number of aliphatic carboxylic acids is 1. The minimum absolute atomic E-state index is 0.0208. The predicted molar refractivity (Wildman–Crippen MR) is 136 cm³/mol. The molecule has 196 valence electrons. The van der Waals surface area contributed by atoms with Gasteiger partial charge in [0.2, 0.25) is 5.91 Å². The van der Waals surface area contributed by atoms with Crippen LogP contribution in [0.2, 0.25) is 0 Å². The van der Waals surface area contributed by atoms with Crippen molar-refractivity contribution in [1.82, 2.24) is 4.90 Å². The average Bonchev–Trinajstić information content (AvgIpc) is 3.51. The topological polar surface area (TPSA) is 111 Å². The van der Waals surface area contributed by atoms with Crippen LogP contribution in [0.3, 0.4) is 0 Å². The van der Waals surface area contributed by atoms with Crippen LogP contribution >= 0.6 is 0 Å². The first-order valence-corrected chi connectivity index (χ1v) is 12.9. The molecule has 3 fully saturated rings. The number of carbonyl (C=O) groups is 3. The minimum atomic E-state index is -1.15. The van der Waals surface area contributed by atoms with Crippen molar-refractivity contribution in [1.29, 1.82) is 0 Å². The second-order valence-electron chi connectivity index (χ2n) is 9.78. The van der Waals surface area contributed by atoms with Crippen LogP contribution in [0.25, 0.3) is 0 Å². The first kappa shape index (κ1) is 26.2. The van der Waals surface area contributed by atoms with Gasteiger partial charge >= 0.3 is 5.97 Å². The molecule has 1 spiro atoms. The van der Waals surface area contributed by atoms with Gasteiger partial charge in [-0.25, -0.2) is 0 Å². The number of hydrogen-bond donors (Lipinski definition) is 2. The first-order chi connectivity index (χ1) is 17.3. The molecule has 3 aliphatic heterocycles. The van der Waals surface area contributed by atoms with Crippen LogP contribution in [0.5, 0.6) is 0 Å². The van der Waals surface area contributed by atoms with Crippen LogP contribution in [0.4, 0.5) is 11.4 Å². The standard InChI is InChI=1S/C27H37N3O6/c1-4-15-29(19-11-9-18(10-12-19)28(5-2)6-3)25(33)23-27-14-13-20(36-27)21(26(34)35)22(27)24(32)30(23)16-7-8-17-31/h4,9-12,20-23,31H,1,5-8,13-17H2,2-3H3,(H,34,35)/t20-,21+,22+,23-,27+/m0/s1. The van der Waals surface area contributed by atoms with Gasteiger partial charge in [-0.15, -0.1) is 6.58 Å². The Morgan fingerprint density at radius 1 is 1.19 bits per heavy atom. The maximum Gasteiger partial charge on any atom is 0.310 e. The molecule has 1 aromatic carbocycles. The molecular weight excluding hydrogens is 462 g/mol. The van der Waals surface area contributed by atoms with E-state index in [-0.39, 0.29) is 31.5 Å². The van der Waals surface area contributed by atoms with Gasteiger partial charge in [0, 0.05) is 44.2 Å². The summed E-state index contributed by atoms with van der Waals surface area (Å²) in [6.07, 6.45) is 3.05. The molecule has 9 heteroatoms. The monoisotopic (exact) mass is 499 g/mol.